The third kappa shape index (κ3) is 5.04. The number of amides is 3. The van der Waals surface area contributed by atoms with Gasteiger partial charge in [-0.2, -0.15) is 0 Å². The zero-order valence-corrected chi connectivity index (χ0v) is 14.8. The van der Waals surface area contributed by atoms with Crippen LogP contribution in [0.25, 0.3) is 0 Å². The number of anilines is 1. The lowest BCUT2D eigenvalue weighted by molar-refractivity contribution is -0.124. The molecule has 0 aromatic heterocycles. The summed E-state index contributed by atoms with van der Waals surface area (Å²) in [5, 5.41) is 15.4. The summed E-state index contributed by atoms with van der Waals surface area (Å²) in [5.41, 5.74) is 1.40. The van der Waals surface area contributed by atoms with Crippen LogP contribution in [0, 0.1) is 5.82 Å². The molecule has 3 amide bonds. The molecule has 0 bridgehead atoms. The maximum absolute atomic E-state index is 13.2. The minimum absolute atomic E-state index is 0.0979. The van der Waals surface area contributed by atoms with E-state index in [1.165, 1.54) is 17.0 Å². The van der Waals surface area contributed by atoms with Crippen LogP contribution in [0.2, 0.25) is 0 Å². The normalized spacial score (nSPS) is 19.0. The lowest BCUT2D eigenvalue weighted by Crippen LogP contribution is -2.47. The zero-order valence-electron chi connectivity index (χ0n) is 14.8. The van der Waals surface area contributed by atoms with E-state index in [9.17, 15) is 19.1 Å². The second-order valence-corrected chi connectivity index (χ2v) is 6.52. The molecule has 0 spiro atoms. The van der Waals surface area contributed by atoms with Gasteiger partial charge in [-0.05, 0) is 36.2 Å². The molecule has 0 unspecified atom stereocenters. The number of β-amino-alcohol motifs (C(OH)–C–C–N with tert-alkyl or cyclic N) is 1. The maximum Gasteiger partial charge on any atom is 0.322 e. The molecule has 6 nitrogen and oxygen atoms in total. The fourth-order valence-electron chi connectivity index (χ4n) is 3.14. The van der Waals surface area contributed by atoms with Gasteiger partial charge in [-0.15, -0.1) is 0 Å². The molecule has 1 fully saturated rings. The van der Waals surface area contributed by atoms with Crippen LogP contribution >= 0.6 is 0 Å². The van der Waals surface area contributed by atoms with Crippen LogP contribution in [0.1, 0.15) is 12.0 Å². The van der Waals surface area contributed by atoms with E-state index in [1.54, 1.807) is 36.4 Å². The standard InChI is InChI=1S/C20H22FN3O3/c21-15-6-4-5-14(11-15)9-10-22-19(26)18-12-17(25)13-24(18)20(27)23-16-7-2-1-3-8-16/h1-8,11,17-18,25H,9-10,12-13H2,(H,22,26)(H,23,27)/t17-,18-/m0/s1. The van der Waals surface area contributed by atoms with E-state index >= 15 is 0 Å². The summed E-state index contributed by atoms with van der Waals surface area (Å²) in [6.45, 7) is 0.420. The molecule has 1 heterocycles. The van der Waals surface area contributed by atoms with Crippen molar-refractivity contribution >= 4 is 17.6 Å². The number of halogens is 1. The van der Waals surface area contributed by atoms with Gasteiger partial charge in [0, 0.05) is 25.2 Å². The average Bonchev–Trinajstić information content (AvgIpc) is 3.05. The minimum Gasteiger partial charge on any atom is -0.391 e. The summed E-state index contributed by atoms with van der Waals surface area (Å²) in [6.07, 6.45) is -0.0753. The summed E-state index contributed by atoms with van der Waals surface area (Å²) in [7, 11) is 0. The Balaban J connectivity index is 1.56. The lowest BCUT2D eigenvalue weighted by Gasteiger charge is -2.24. The monoisotopic (exact) mass is 371 g/mol. The van der Waals surface area contributed by atoms with Crippen LogP contribution in [0.15, 0.2) is 54.6 Å². The molecule has 142 valence electrons. The summed E-state index contributed by atoms with van der Waals surface area (Å²) < 4.78 is 13.2. The predicted octanol–water partition coefficient (Wildman–Crippen LogP) is 2.15. The van der Waals surface area contributed by atoms with Gasteiger partial charge in [0.2, 0.25) is 5.91 Å². The number of aliphatic hydroxyl groups excluding tert-OH is 1. The molecular formula is C20H22FN3O3. The summed E-state index contributed by atoms with van der Waals surface area (Å²) in [6, 6.07) is 14.0. The van der Waals surface area contributed by atoms with Crippen LogP contribution in [0.4, 0.5) is 14.9 Å². The van der Waals surface area contributed by atoms with Crippen LogP contribution in [-0.4, -0.2) is 47.2 Å². The molecule has 1 saturated heterocycles. The number of hydrogen-bond acceptors (Lipinski definition) is 3. The molecule has 1 aliphatic heterocycles. The van der Waals surface area contributed by atoms with Crippen molar-refractivity contribution in [2.45, 2.75) is 25.0 Å². The number of nitrogens with one attached hydrogen (secondary N) is 2. The first kappa shape index (κ1) is 18.8. The number of carbonyl (C=O) groups excluding carboxylic acids is 2. The van der Waals surface area contributed by atoms with E-state index in [0.29, 0.717) is 18.7 Å². The van der Waals surface area contributed by atoms with Crippen molar-refractivity contribution in [2.24, 2.45) is 0 Å². The van der Waals surface area contributed by atoms with Crippen molar-refractivity contribution in [3.63, 3.8) is 0 Å². The highest BCUT2D eigenvalue weighted by Gasteiger charge is 2.38. The highest BCUT2D eigenvalue weighted by Crippen LogP contribution is 2.20. The van der Waals surface area contributed by atoms with Gasteiger partial charge in [0.15, 0.2) is 0 Å². The molecule has 2 atom stereocenters. The molecule has 27 heavy (non-hydrogen) atoms. The number of likely N-dealkylation sites (tertiary alicyclic amines) is 1. The van der Waals surface area contributed by atoms with Gasteiger partial charge in [0.05, 0.1) is 6.10 Å². The largest absolute Gasteiger partial charge is 0.391 e. The van der Waals surface area contributed by atoms with Crippen LogP contribution in [0.3, 0.4) is 0 Å². The van der Waals surface area contributed by atoms with Crippen molar-refractivity contribution in [1.82, 2.24) is 10.2 Å². The predicted molar refractivity (Wildman–Crippen MR) is 99.7 cm³/mol. The van der Waals surface area contributed by atoms with Gasteiger partial charge in [0.1, 0.15) is 11.9 Å². The Kier molecular flexibility index (Phi) is 6.03. The molecule has 1 aliphatic rings. The Morgan fingerprint density at radius 2 is 1.93 bits per heavy atom. The van der Waals surface area contributed by atoms with Crippen LogP contribution in [-0.2, 0) is 11.2 Å². The lowest BCUT2D eigenvalue weighted by atomic mass is 10.1. The Morgan fingerprint density at radius 3 is 2.67 bits per heavy atom. The quantitative estimate of drug-likeness (QED) is 0.753. The molecule has 0 radical (unpaired) electrons. The first-order valence-corrected chi connectivity index (χ1v) is 8.86. The second kappa shape index (κ2) is 8.64. The number of rotatable bonds is 5. The van der Waals surface area contributed by atoms with Gasteiger partial charge >= 0.3 is 6.03 Å². The van der Waals surface area contributed by atoms with E-state index < -0.39 is 18.2 Å². The second-order valence-electron chi connectivity index (χ2n) is 6.52. The molecule has 0 aliphatic carbocycles. The van der Waals surface area contributed by atoms with Gasteiger partial charge in [-0.1, -0.05) is 30.3 Å². The van der Waals surface area contributed by atoms with E-state index in [2.05, 4.69) is 10.6 Å². The van der Waals surface area contributed by atoms with Gasteiger partial charge in [-0.3, -0.25) is 4.79 Å². The number of benzene rings is 2. The number of carbonyl (C=O) groups is 2. The smallest absolute Gasteiger partial charge is 0.322 e. The van der Waals surface area contributed by atoms with E-state index in [4.69, 9.17) is 0 Å². The highest BCUT2D eigenvalue weighted by molar-refractivity contribution is 5.94. The fraction of sp³-hybridized carbons (Fsp3) is 0.300. The van der Waals surface area contributed by atoms with Crippen molar-refractivity contribution in [1.29, 1.82) is 0 Å². The molecular weight excluding hydrogens is 349 g/mol. The number of hydrogen-bond donors (Lipinski definition) is 3. The van der Waals surface area contributed by atoms with E-state index in [1.807, 2.05) is 6.07 Å². The number of nitrogens with zero attached hydrogens (tertiary/aromatic N) is 1. The van der Waals surface area contributed by atoms with E-state index in [-0.39, 0.29) is 24.7 Å². The first-order chi connectivity index (χ1) is 13.0. The minimum atomic E-state index is -0.745. The number of para-hydroxylation sites is 1. The van der Waals surface area contributed by atoms with Crippen molar-refractivity contribution in [3.05, 3.63) is 66.0 Å². The SMILES string of the molecule is O=C(NCCc1cccc(F)c1)[C@@H]1C[C@H](O)CN1C(=O)Nc1ccccc1. The third-order valence-corrected chi connectivity index (χ3v) is 4.47. The summed E-state index contributed by atoms with van der Waals surface area (Å²) in [4.78, 5) is 26.3. The molecule has 0 saturated carbocycles. The van der Waals surface area contributed by atoms with Gasteiger partial charge < -0.3 is 20.6 Å². The van der Waals surface area contributed by atoms with Crippen LogP contribution < -0.4 is 10.6 Å². The van der Waals surface area contributed by atoms with Crippen LogP contribution in [0.5, 0.6) is 0 Å². The summed E-state index contributed by atoms with van der Waals surface area (Å²) in [5.74, 6) is -0.646. The Morgan fingerprint density at radius 1 is 1.15 bits per heavy atom. The fourth-order valence-corrected chi connectivity index (χ4v) is 3.14. The molecule has 2 aromatic carbocycles. The zero-order chi connectivity index (χ0) is 19.2. The number of aliphatic hydroxyl groups is 1. The Bertz CT molecular complexity index is 800. The van der Waals surface area contributed by atoms with Crippen molar-refractivity contribution in [3.8, 4) is 0 Å². The van der Waals surface area contributed by atoms with E-state index in [0.717, 1.165) is 5.56 Å². The maximum atomic E-state index is 13.2. The number of urea groups is 1. The Labute approximate surface area is 157 Å². The van der Waals surface area contributed by atoms with Gasteiger partial charge in [-0.25, -0.2) is 9.18 Å². The van der Waals surface area contributed by atoms with Gasteiger partial charge in [0.25, 0.3) is 0 Å². The molecule has 2 aromatic rings. The average molecular weight is 371 g/mol. The van der Waals surface area contributed by atoms with Crippen molar-refractivity contribution in [2.75, 3.05) is 18.4 Å². The Hall–Kier alpha value is -2.93. The van der Waals surface area contributed by atoms with Crippen molar-refractivity contribution < 1.29 is 19.1 Å². The highest BCUT2D eigenvalue weighted by atomic mass is 19.1. The molecule has 7 heteroatoms. The molecule has 3 N–H and O–H groups in total. The third-order valence-electron chi connectivity index (χ3n) is 4.47. The topological polar surface area (TPSA) is 81.7 Å². The first-order valence-electron chi connectivity index (χ1n) is 8.86. The summed E-state index contributed by atoms with van der Waals surface area (Å²) >= 11 is 0. The molecule has 3 rings (SSSR count).